The van der Waals surface area contributed by atoms with Gasteiger partial charge in [0.15, 0.2) is 0 Å². The van der Waals surface area contributed by atoms with Crippen LogP contribution in [-0.2, 0) is 16.8 Å². The lowest BCUT2D eigenvalue weighted by Crippen LogP contribution is -2.58. The second kappa shape index (κ2) is 8.14. The maximum atomic E-state index is 12.5. The molecule has 5 rings (SSSR count). The molecule has 30 heavy (non-hydrogen) atoms. The second-order valence-corrected chi connectivity index (χ2v) is 10.4. The maximum Gasteiger partial charge on any atom is 0.224 e. The molecule has 6 heteroatoms. The number of benzene rings is 1. The van der Waals surface area contributed by atoms with Gasteiger partial charge in [0, 0.05) is 24.2 Å². The molecule has 4 atom stereocenters. The minimum atomic E-state index is 0.130. The number of rotatable bonds is 5. The van der Waals surface area contributed by atoms with Gasteiger partial charge in [-0.1, -0.05) is 50.3 Å². The molecule has 1 amide bonds. The van der Waals surface area contributed by atoms with E-state index in [-0.39, 0.29) is 23.3 Å². The lowest BCUT2D eigenvalue weighted by Gasteiger charge is -2.49. The van der Waals surface area contributed by atoms with Crippen LogP contribution in [0, 0.1) is 11.8 Å². The van der Waals surface area contributed by atoms with Gasteiger partial charge < -0.3 is 5.32 Å². The minimum Gasteiger partial charge on any atom is -0.354 e. The Bertz CT molecular complexity index is 880. The summed E-state index contributed by atoms with van der Waals surface area (Å²) in [7, 11) is 0. The quantitative estimate of drug-likeness (QED) is 0.821. The molecule has 3 fully saturated rings. The fourth-order valence-corrected chi connectivity index (χ4v) is 4.89. The van der Waals surface area contributed by atoms with Crippen molar-refractivity contribution in [3.05, 3.63) is 36.0 Å². The number of hydrogen-bond donors (Lipinski definition) is 1. The Balaban J connectivity index is 1.40. The summed E-state index contributed by atoms with van der Waals surface area (Å²) in [6.07, 6.45) is 4.24. The van der Waals surface area contributed by atoms with Crippen molar-refractivity contribution in [3.63, 3.8) is 0 Å². The van der Waals surface area contributed by atoms with Gasteiger partial charge in [0.05, 0.1) is 18.7 Å². The molecule has 3 aliphatic rings. The Morgan fingerprint density at radius 3 is 2.57 bits per heavy atom. The van der Waals surface area contributed by atoms with E-state index in [1.807, 2.05) is 18.5 Å². The Morgan fingerprint density at radius 2 is 1.97 bits per heavy atom. The third-order valence-electron chi connectivity index (χ3n) is 6.63. The first kappa shape index (κ1) is 21.0. The fraction of sp³-hybridized carbons (Fsp3) is 0.625. The molecule has 4 heterocycles. The molecule has 1 aromatic carbocycles. The zero-order valence-corrected chi connectivity index (χ0v) is 18.9. The number of amides is 1. The average molecular weight is 410 g/mol. The molecule has 3 saturated heterocycles. The lowest BCUT2D eigenvalue weighted by molar-refractivity contribution is -0.133. The SMILES string of the molecule is CC(C)NC(=O)[C@@H]1CN2CC[C@H]1C[C@@H]2Cn1cc(-c2ccc(C(C)(C)C)cc2)nn1. The standard InChI is InChI=1S/C24H35N5O/c1-16(2)25-23(30)21-14-28-11-10-18(21)12-20(28)13-29-15-22(26-27-29)17-6-8-19(9-7-17)24(3,4)5/h6-9,15-16,18,20-21H,10-14H2,1-5H3,(H,25,30)/t18-,20+,21+/m0/s1. The smallest absolute Gasteiger partial charge is 0.224 e. The van der Waals surface area contributed by atoms with E-state index in [2.05, 4.69) is 71.8 Å². The summed E-state index contributed by atoms with van der Waals surface area (Å²) in [4.78, 5) is 15.0. The van der Waals surface area contributed by atoms with E-state index >= 15 is 0 Å². The number of fused-ring (bicyclic) bond motifs is 3. The van der Waals surface area contributed by atoms with Crippen molar-refractivity contribution in [2.24, 2.45) is 11.8 Å². The van der Waals surface area contributed by atoms with Crippen molar-refractivity contribution in [2.75, 3.05) is 13.1 Å². The van der Waals surface area contributed by atoms with Gasteiger partial charge in [-0.3, -0.25) is 14.4 Å². The van der Waals surface area contributed by atoms with E-state index in [0.717, 1.165) is 43.7 Å². The highest BCUT2D eigenvalue weighted by Crippen LogP contribution is 2.37. The first-order valence-electron chi connectivity index (χ1n) is 11.3. The minimum absolute atomic E-state index is 0.130. The van der Waals surface area contributed by atoms with E-state index in [9.17, 15) is 4.79 Å². The average Bonchev–Trinajstić information content (AvgIpc) is 3.16. The molecule has 3 aliphatic heterocycles. The summed E-state index contributed by atoms with van der Waals surface area (Å²) in [5, 5.41) is 11.9. The molecule has 6 nitrogen and oxygen atoms in total. The van der Waals surface area contributed by atoms with E-state index in [1.54, 1.807) is 0 Å². The number of nitrogens with one attached hydrogen (secondary N) is 1. The number of carbonyl (C=O) groups excluding carboxylic acids is 1. The van der Waals surface area contributed by atoms with Crippen LogP contribution >= 0.6 is 0 Å². The first-order valence-corrected chi connectivity index (χ1v) is 11.3. The number of nitrogens with zero attached hydrogens (tertiary/aromatic N) is 4. The van der Waals surface area contributed by atoms with Crippen LogP contribution in [-0.4, -0.2) is 51.0 Å². The normalized spacial score (nSPS) is 26.2. The van der Waals surface area contributed by atoms with E-state index in [4.69, 9.17) is 0 Å². The van der Waals surface area contributed by atoms with Crippen molar-refractivity contribution < 1.29 is 4.79 Å². The zero-order valence-electron chi connectivity index (χ0n) is 18.9. The summed E-state index contributed by atoms with van der Waals surface area (Å²) in [6, 6.07) is 9.28. The molecule has 2 bridgehead atoms. The van der Waals surface area contributed by atoms with Gasteiger partial charge in [-0.25, -0.2) is 0 Å². The third-order valence-corrected chi connectivity index (χ3v) is 6.63. The molecule has 0 radical (unpaired) electrons. The van der Waals surface area contributed by atoms with Crippen LogP contribution in [0.5, 0.6) is 0 Å². The summed E-state index contributed by atoms with van der Waals surface area (Å²) in [5.41, 5.74) is 3.49. The van der Waals surface area contributed by atoms with Gasteiger partial charge in [0.1, 0.15) is 5.69 Å². The number of carbonyl (C=O) groups is 1. The highest BCUT2D eigenvalue weighted by molar-refractivity contribution is 5.79. The Labute approximate surface area is 180 Å². The molecular weight excluding hydrogens is 374 g/mol. The molecule has 1 aromatic heterocycles. The van der Waals surface area contributed by atoms with Crippen LogP contribution in [0.1, 0.15) is 53.0 Å². The summed E-state index contributed by atoms with van der Waals surface area (Å²) in [6.45, 7) is 13.5. The van der Waals surface area contributed by atoms with Crippen LogP contribution in [0.3, 0.4) is 0 Å². The topological polar surface area (TPSA) is 63.1 Å². The summed E-state index contributed by atoms with van der Waals surface area (Å²) >= 11 is 0. The van der Waals surface area contributed by atoms with Gasteiger partial charge in [0.25, 0.3) is 0 Å². The van der Waals surface area contributed by atoms with Crippen LogP contribution in [0.4, 0.5) is 0 Å². The van der Waals surface area contributed by atoms with Crippen molar-refractivity contribution in [1.29, 1.82) is 0 Å². The Kier molecular flexibility index (Phi) is 5.71. The summed E-state index contributed by atoms with van der Waals surface area (Å²) in [5.74, 6) is 0.830. The van der Waals surface area contributed by atoms with Gasteiger partial charge in [-0.05, 0) is 50.1 Å². The number of aromatic nitrogens is 3. The highest BCUT2D eigenvalue weighted by Gasteiger charge is 2.43. The predicted molar refractivity (Wildman–Crippen MR) is 119 cm³/mol. The van der Waals surface area contributed by atoms with Crippen molar-refractivity contribution in [1.82, 2.24) is 25.2 Å². The summed E-state index contributed by atoms with van der Waals surface area (Å²) < 4.78 is 1.97. The fourth-order valence-electron chi connectivity index (χ4n) is 4.89. The highest BCUT2D eigenvalue weighted by atomic mass is 16.2. The van der Waals surface area contributed by atoms with E-state index in [0.29, 0.717) is 12.0 Å². The molecule has 162 valence electrons. The molecule has 2 aromatic rings. The van der Waals surface area contributed by atoms with Gasteiger partial charge in [-0.2, -0.15) is 0 Å². The number of hydrogen-bond acceptors (Lipinski definition) is 4. The third kappa shape index (κ3) is 4.43. The van der Waals surface area contributed by atoms with Crippen molar-refractivity contribution in [2.45, 2.75) is 71.5 Å². The Hall–Kier alpha value is -2.21. The largest absolute Gasteiger partial charge is 0.354 e. The molecular formula is C24H35N5O. The predicted octanol–water partition coefficient (Wildman–Crippen LogP) is 3.48. The number of piperidine rings is 3. The van der Waals surface area contributed by atoms with Crippen LogP contribution in [0.25, 0.3) is 11.3 Å². The van der Waals surface area contributed by atoms with Gasteiger partial charge in [0.2, 0.25) is 5.91 Å². The molecule has 0 aliphatic carbocycles. The van der Waals surface area contributed by atoms with Crippen molar-refractivity contribution >= 4 is 5.91 Å². The van der Waals surface area contributed by atoms with E-state index < -0.39 is 0 Å². The second-order valence-electron chi connectivity index (χ2n) is 10.4. The first-order chi connectivity index (χ1) is 14.2. The van der Waals surface area contributed by atoms with Gasteiger partial charge in [-0.15, -0.1) is 5.10 Å². The van der Waals surface area contributed by atoms with Crippen LogP contribution < -0.4 is 5.32 Å². The van der Waals surface area contributed by atoms with Crippen LogP contribution in [0.15, 0.2) is 30.5 Å². The zero-order chi connectivity index (χ0) is 21.5. The molecule has 1 unspecified atom stereocenters. The maximum absolute atomic E-state index is 12.5. The monoisotopic (exact) mass is 409 g/mol. The van der Waals surface area contributed by atoms with E-state index in [1.165, 1.54) is 5.56 Å². The molecule has 0 saturated carbocycles. The van der Waals surface area contributed by atoms with Crippen LogP contribution in [0.2, 0.25) is 0 Å². The van der Waals surface area contributed by atoms with Crippen molar-refractivity contribution in [3.8, 4) is 11.3 Å². The van der Waals surface area contributed by atoms with Gasteiger partial charge >= 0.3 is 0 Å². The molecule has 1 N–H and O–H groups in total. The molecule has 0 spiro atoms. The Morgan fingerprint density at radius 1 is 1.23 bits per heavy atom. The lowest BCUT2D eigenvalue weighted by atomic mass is 9.75.